The van der Waals surface area contributed by atoms with Crippen molar-refractivity contribution in [1.82, 2.24) is 4.72 Å². The van der Waals surface area contributed by atoms with E-state index in [0.29, 0.717) is 23.5 Å². The molecule has 2 aromatic rings. The van der Waals surface area contributed by atoms with Crippen LogP contribution in [-0.4, -0.2) is 40.6 Å². The molecular formula is C17H20BrNO8S. The molecule has 0 aliphatic heterocycles. The van der Waals surface area contributed by atoms with Gasteiger partial charge >= 0.3 is 5.97 Å². The Labute approximate surface area is 172 Å². The van der Waals surface area contributed by atoms with Crippen molar-refractivity contribution in [3.05, 3.63) is 24.0 Å². The van der Waals surface area contributed by atoms with Gasteiger partial charge in [0.15, 0.2) is 11.5 Å². The maximum Gasteiger partial charge on any atom is 0.308 e. The summed E-state index contributed by atoms with van der Waals surface area (Å²) in [5, 5.41) is 10.6. The summed E-state index contributed by atoms with van der Waals surface area (Å²) in [7, 11) is 2.97. The van der Waals surface area contributed by atoms with Gasteiger partial charge < -0.3 is 23.7 Å². The molecule has 0 spiro atoms. The van der Waals surface area contributed by atoms with Gasteiger partial charge in [-0.25, -0.2) is 8.93 Å². The zero-order valence-corrected chi connectivity index (χ0v) is 17.8. The largest absolute Gasteiger partial charge is 0.502 e. The number of carbonyl (C=O) groups excluding carboxylic acids is 1. The Kier molecular flexibility index (Phi) is 7.87. The SMILES string of the molecule is COc1ccc(-c2oc(C(Br)CCNS(=O)O)c(OC(C)=O)c2O)c(OC)c1. The number of nitrogens with one attached hydrogen (secondary N) is 1. The number of rotatable bonds is 9. The Morgan fingerprint density at radius 3 is 2.64 bits per heavy atom. The first-order valence-electron chi connectivity index (χ1n) is 8.03. The lowest BCUT2D eigenvalue weighted by Gasteiger charge is -2.09. The lowest BCUT2D eigenvalue weighted by atomic mass is 10.1. The van der Waals surface area contributed by atoms with Gasteiger partial charge in [-0.15, -0.1) is 0 Å². The third-order valence-corrected chi connectivity index (χ3v) is 5.00. The monoisotopic (exact) mass is 477 g/mol. The fourth-order valence-electron chi connectivity index (χ4n) is 2.45. The van der Waals surface area contributed by atoms with Crippen LogP contribution in [0, 0.1) is 0 Å². The highest BCUT2D eigenvalue weighted by Crippen LogP contribution is 2.50. The van der Waals surface area contributed by atoms with Crippen LogP contribution in [0.4, 0.5) is 0 Å². The molecule has 0 bridgehead atoms. The molecule has 28 heavy (non-hydrogen) atoms. The van der Waals surface area contributed by atoms with Crippen molar-refractivity contribution < 1.29 is 37.3 Å². The number of carbonyl (C=O) groups is 1. The Morgan fingerprint density at radius 1 is 1.36 bits per heavy atom. The van der Waals surface area contributed by atoms with Crippen LogP contribution >= 0.6 is 15.9 Å². The molecule has 154 valence electrons. The molecule has 0 saturated heterocycles. The number of hydrogen-bond donors (Lipinski definition) is 3. The summed E-state index contributed by atoms with van der Waals surface area (Å²) < 4.78 is 43.3. The predicted octanol–water partition coefficient (Wildman–Crippen LogP) is 3.15. The Bertz CT molecular complexity index is 869. The number of furan rings is 1. The van der Waals surface area contributed by atoms with Gasteiger partial charge in [-0.3, -0.25) is 9.35 Å². The minimum absolute atomic E-state index is 0.0499. The molecule has 2 atom stereocenters. The zero-order valence-electron chi connectivity index (χ0n) is 15.4. The summed E-state index contributed by atoms with van der Waals surface area (Å²) >= 11 is 1.23. The lowest BCUT2D eigenvalue weighted by Crippen LogP contribution is -2.18. The van der Waals surface area contributed by atoms with E-state index in [1.54, 1.807) is 18.2 Å². The number of alkyl halides is 1. The Morgan fingerprint density at radius 2 is 2.07 bits per heavy atom. The van der Waals surface area contributed by atoms with Crippen molar-refractivity contribution >= 4 is 33.2 Å². The van der Waals surface area contributed by atoms with Crippen LogP contribution in [0.2, 0.25) is 0 Å². The average Bonchev–Trinajstić information content (AvgIpc) is 2.96. The summed E-state index contributed by atoms with van der Waals surface area (Å²) in [5.74, 6) is 0.00497. The molecule has 1 aromatic heterocycles. The van der Waals surface area contributed by atoms with Gasteiger partial charge in [0.1, 0.15) is 11.5 Å². The molecule has 1 aromatic carbocycles. The molecule has 2 unspecified atom stereocenters. The van der Waals surface area contributed by atoms with Crippen molar-refractivity contribution in [2.75, 3.05) is 20.8 Å². The van der Waals surface area contributed by atoms with Crippen molar-refractivity contribution in [2.24, 2.45) is 0 Å². The van der Waals surface area contributed by atoms with Crippen LogP contribution in [0.3, 0.4) is 0 Å². The first kappa shape index (κ1) is 22.2. The summed E-state index contributed by atoms with van der Waals surface area (Å²) in [6, 6.07) is 4.92. The lowest BCUT2D eigenvalue weighted by molar-refractivity contribution is -0.132. The third kappa shape index (κ3) is 5.25. The van der Waals surface area contributed by atoms with Crippen molar-refractivity contribution in [2.45, 2.75) is 18.2 Å². The van der Waals surface area contributed by atoms with E-state index in [1.165, 1.54) is 21.1 Å². The quantitative estimate of drug-likeness (QED) is 0.285. The topological polar surface area (TPSA) is 127 Å². The number of halogens is 1. The Hall–Kier alpha value is -2.08. The molecule has 2 rings (SSSR count). The maximum atomic E-state index is 11.5. The molecule has 0 aliphatic rings. The predicted molar refractivity (Wildman–Crippen MR) is 105 cm³/mol. The number of esters is 1. The molecule has 1 heterocycles. The van der Waals surface area contributed by atoms with Gasteiger partial charge in [0.25, 0.3) is 0 Å². The van der Waals surface area contributed by atoms with Gasteiger partial charge in [-0.1, -0.05) is 15.9 Å². The molecule has 3 N–H and O–H groups in total. The van der Waals surface area contributed by atoms with E-state index in [4.69, 9.17) is 23.2 Å². The number of aromatic hydroxyl groups is 1. The fourth-order valence-corrected chi connectivity index (χ4v) is 3.27. The van der Waals surface area contributed by atoms with Crippen molar-refractivity contribution in [3.8, 4) is 34.3 Å². The number of hydrogen-bond acceptors (Lipinski definition) is 7. The number of methoxy groups -OCH3 is 2. The van der Waals surface area contributed by atoms with E-state index >= 15 is 0 Å². The summed E-state index contributed by atoms with van der Waals surface area (Å²) in [6.45, 7) is 1.37. The van der Waals surface area contributed by atoms with Crippen molar-refractivity contribution in [3.63, 3.8) is 0 Å². The van der Waals surface area contributed by atoms with E-state index in [-0.39, 0.29) is 29.6 Å². The second-order valence-corrected chi connectivity index (χ2v) is 7.43. The third-order valence-electron chi connectivity index (χ3n) is 3.67. The van der Waals surface area contributed by atoms with E-state index in [0.717, 1.165) is 0 Å². The standard InChI is InChI=1S/C17H20BrNO8S/c1-9(20)26-17-14(21)15(11-5-4-10(24-2)8-13(11)25-3)27-16(17)12(18)6-7-19-28(22)23/h4-5,8,12,19,21H,6-7H2,1-3H3,(H,22,23). The molecule has 11 heteroatoms. The second kappa shape index (κ2) is 9.92. The molecule has 0 fully saturated rings. The van der Waals surface area contributed by atoms with Gasteiger partial charge in [0.05, 0.1) is 24.6 Å². The summed E-state index contributed by atoms with van der Waals surface area (Å²) in [5.41, 5.74) is 0.426. The van der Waals surface area contributed by atoms with Gasteiger partial charge in [-0.2, -0.15) is 0 Å². The highest BCUT2D eigenvalue weighted by molar-refractivity contribution is 9.09. The van der Waals surface area contributed by atoms with E-state index in [1.807, 2.05) is 0 Å². The Balaban J connectivity index is 2.48. The van der Waals surface area contributed by atoms with Gasteiger partial charge in [-0.05, 0) is 18.6 Å². The molecule has 0 amide bonds. The number of ether oxygens (including phenoxy) is 3. The fraction of sp³-hybridized carbons (Fsp3) is 0.353. The van der Waals surface area contributed by atoms with Crippen molar-refractivity contribution in [1.29, 1.82) is 0 Å². The minimum atomic E-state index is -2.15. The molecule has 0 saturated carbocycles. The van der Waals surface area contributed by atoms with Crippen LogP contribution < -0.4 is 18.9 Å². The molecular weight excluding hydrogens is 458 g/mol. The van der Waals surface area contributed by atoms with Crippen LogP contribution in [0.15, 0.2) is 22.6 Å². The first-order valence-corrected chi connectivity index (χ1v) is 10.1. The van der Waals surface area contributed by atoms with E-state index in [2.05, 4.69) is 20.7 Å². The van der Waals surface area contributed by atoms with Crippen LogP contribution in [-0.2, 0) is 16.1 Å². The molecule has 0 aliphatic carbocycles. The average molecular weight is 478 g/mol. The summed E-state index contributed by atoms with van der Waals surface area (Å²) in [4.78, 5) is 11.0. The normalized spacial score (nSPS) is 13.0. The second-order valence-electron chi connectivity index (χ2n) is 5.53. The summed E-state index contributed by atoms with van der Waals surface area (Å²) in [6.07, 6.45) is 0.312. The van der Waals surface area contributed by atoms with Crippen LogP contribution in [0.1, 0.15) is 23.9 Å². The molecule has 0 radical (unpaired) electrons. The van der Waals surface area contributed by atoms with Gasteiger partial charge in [0.2, 0.25) is 22.8 Å². The van der Waals surface area contributed by atoms with E-state index in [9.17, 15) is 14.1 Å². The maximum absolute atomic E-state index is 11.5. The highest BCUT2D eigenvalue weighted by Gasteiger charge is 2.29. The van der Waals surface area contributed by atoms with E-state index < -0.39 is 22.1 Å². The highest BCUT2D eigenvalue weighted by atomic mass is 79.9. The smallest absolute Gasteiger partial charge is 0.308 e. The zero-order chi connectivity index (χ0) is 20.8. The van der Waals surface area contributed by atoms with Crippen LogP contribution in [0.25, 0.3) is 11.3 Å². The minimum Gasteiger partial charge on any atom is -0.502 e. The van der Waals surface area contributed by atoms with Gasteiger partial charge in [0, 0.05) is 19.5 Å². The number of benzene rings is 1. The first-order chi connectivity index (χ1) is 13.3. The molecule has 9 nitrogen and oxygen atoms in total. The van der Waals surface area contributed by atoms with Crippen LogP contribution in [0.5, 0.6) is 23.0 Å².